The molecule has 0 bridgehead atoms. The van der Waals surface area contributed by atoms with Gasteiger partial charge in [0.2, 0.25) is 0 Å². The van der Waals surface area contributed by atoms with Gasteiger partial charge in [0.15, 0.2) is 0 Å². The largest absolute Gasteiger partial charge is 0.508 e. The van der Waals surface area contributed by atoms with Crippen molar-refractivity contribution in [3.8, 4) is 5.75 Å². The summed E-state index contributed by atoms with van der Waals surface area (Å²) in [5.74, 6) is 0.374. The second-order valence-corrected chi connectivity index (χ2v) is 7.59. The summed E-state index contributed by atoms with van der Waals surface area (Å²) in [5, 5.41) is 9.96. The van der Waals surface area contributed by atoms with Gasteiger partial charge in [-0.05, 0) is 56.6 Å². The molecule has 2 heteroatoms. The Hall–Kier alpha value is -1.02. The minimum atomic E-state index is -0.234. The summed E-state index contributed by atoms with van der Waals surface area (Å²) in [6.07, 6.45) is 8.62. The second-order valence-electron chi connectivity index (χ2n) is 7.59. The molecule has 0 atom stereocenters. The molecule has 1 aliphatic carbocycles. The van der Waals surface area contributed by atoms with Crippen molar-refractivity contribution in [2.45, 2.75) is 84.3 Å². The Labute approximate surface area is 135 Å². The Bertz CT molecular complexity index is 464. The summed E-state index contributed by atoms with van der Waals surface area (Å²) in [7, 11) is 0. The zero-order chi connectivity index (χ0) is 16.2. The third kappa shape index (κ3) is 4.25. The van der Waals surface area contributed by atoms with Gasteiger partial charge < -0.3 is 9.84 Å². The van der Waals surface area contributed by atoms with Crippen LogP contribution in [0.2, 0.25) is 0 Å². The summed E-state index contributed by atoms with van der Waals surface area (Å²) < 4.78 is 6.41. The quantitative estimate of drug-likeness (QED) is 0.754. The van der Waals surface area contributed by atoms with E-state index in [1.54, 1.807) is 6.07 Å². The molecule has 2 rings (SSSR count). The first-order valence-electron chi connectivity index (χ1n) is 8.84. The van der Waals surface area contributed by atoms with Gasteiger partial charge in [-0.25, -0.2) is 0 Å². The van der Waals surface area contributed by atoms with E-state index in [0.29, 0.717) is 17.3 Å². The molecule has 0 aliphatic heterocycles. The number of hydrogen-bond donors (Lipinski definition) is 1. The fourth-order valence-corrected chi connectivity index (χ4v) is 3.89. The number of rotatable bonds is 6. The van der Waals surface area contributed by atoms with Crippen molar-refractivity contribution in [1.29, 1.82) is 0 Å². The molecule has 1 aromatic carbocycles. The number of ether oxygens (including phenoxy) is 1. The Balaban J connectivity index is 1.92. The van der Waals surface area contributed by atoms with Crippen LogP contribution in [-0.2, 0) is 11.2 Å². The molecule has 0 aromatic heterocycles. The zero-order valence-corrected chi connectivity index (χ0v) is 14.7. The molecule has 0 amide bonds. The molecule has 1 N–H and O–H groups in total. The number of phenols is 1. The van der Waals surface area contributed by atoms with Crippen molar-refractivity contribution < 1.29 is 9.84 Å². The molecule has 0 spiro atoms. The smallest absolute Gasteiger partial charge is 0.118 e. The summed E-state index contributed by atoms with van der Waals surface area (Å²) >= 11 is 0. The first-order valence-corrected chi connectivity index (χ1v) is 8.84. The monoisotopic (exact) mass is 304 g/mol. The summed E-state index contributed by atoms with van der Waals surface area (Å²) in [5.41, 5.74) is 1.30. The minimum absolute atomic E-state index is 0.234. The van der Waals surface area contributed by atoms with Crippen LogP contribution in [0.4, 0.5) is 0 Å². The molecular weight excluding hydrogens is 272 g/mol. The van der Waals surface area contributed by atoms with Crippen molar-refractivity contribution >= 4 is 0 Å². The molecule has 1 fully saturated rings. The normalized spacial score (nSPS) is 19.3. The van der Waals surface area contributed by atoms with Crippen molar-refractivity contribution in [2.24, 2.45) is 5.41 Å². The third-order valence-corrected chi connectivity index (χ3v) is 5.59. The van der Waals surface area contributed by atoms with Gasteiger partial charge in [-0.3, -0.25) is 0 Å². The molecule has 0 unspecified atom stereocenters. The van der Waals surface area contributed by atoms with Crippen LogP contribution in [0.5, 0.6) is 5.75 Å². The lowest BCUT2D eigenvalue weighted by Crippen LogP contribution is -2.37. The maximum absolute atomic E-state index is 9.96. The Morgan fingerprint density at radius 3 is 2.27 bits per heavy atom. The summed E-state index contributed by atoms with van der Waals surface area (Å²) in [6, 6.07) is 7.58. The number of aromatic hydroxyl groups is 1. The van der Waals surface area contributed by atoms with Crippen LogP contribution in [0.1, 0.15) is 71.8 Å². The van der Waals surface area contributed by atoms with Crippen molar-refractivity contribution in [1.82, 2.24) is 0 Å². The predicted molar refractivity (Wildman–Crippen MR) is 92.2 cm³/mol. The predicted octanol–water partition coefficient (Wildman–Crippen LogP) is 5.48. The van der Waals surface area contributed by atoms with Crippen LogP contribution in [0.25, 0.3) is 0 Å². The van der Waals surface area contributed by atoms with Gasteiger partial charge in [-0.15, -0.1) is 0 Å². The van der Waals surface area contributed by atoms with Gasteiger partial charge in [-0.1, -0.05) is 44.9 Å². The fourth-order valence-electron chi connectivity index (χ4n) is 3.89. The highest BCUT2D eigenvalue weighted by atomic mass is 16.5. The Morgan fingerprint density at radius 1 is 1.14 bits per heavy atom. The van der Waals surface area contributed by atoms with Crippen molar-refractivity contribution in [2.75, 3.05) is 0 Å². The third-order valence-electron chi connectivity index (χ3n) is 5.59. The standard InChI is InChI=1S/C20H32O2/c1-5-20(6-2)13-11-17(12-14-20)22-19(3,4)15-16-9-7-8-10-18(16)21/h7-10,17,21H,5-6,11-15H2,1-4H3. The topological polar surface area (TPSA) is 29.5 Å². The lowest BCUT2D eigenvalue weighted by molar-refractivity contribution is -0.0978. The number of hydrogen-bond acceptors (Lipinski definition) is 2. The molecule has 1 aromatic rings. The SMILES string of the molecule is CCC1(CC)CCC(OC(C)(C)Cc2ccccc2O)CC1. The fraction of sp³-hybridized carbons (Fsp3) is 0.700. The van der Waals surface area contributed by atoms with Gasteiger partial charge >= 0.3 is 0 Å². The van der Waals surface area contributed by atoms with Crippen LogP contribution in [0.15, 0.2) is 24.3 Å². The molecule has 0 radical (unpaired) electrons. The van der Waals surface area contributed by atoms with E-state index in [2.05, 4.69) is 27.7 Å². The van der Waals surface area contributed by atoms with Crippen LogP contribution in [0.3, 0.4) is 0 Å². The highest BCUT2D eigenvalue weighted by Gasteiger charge is 2.35. The van der Waals surface area contributed by atoms with Gasteiger partial charge in [0.1, 0.15) is 5.75 Å². The first kappa shape index (κ1) is 17.3. The van der Waals surface area contributed by atoms with Crippen LogP contribution < -0.4 is 0 Å². The maximum Gasteiger partial charge on any atom is 0.118 e. The van der Waals surface area contributed by atoms with Crippen molar-refractivity contribution in [3.05, 3.63) is 29.8 Å². The Kier molecular flexibility index (Phi) is 5.55. The van der Waals surface area contributed by atoms with Crippen molar-refractivity contribution in [3.63, 3.8) is 0 Å². The molecule has 0 heterocycles. The van der Waals surface area contributed by atoms with Gasteiger partial charge in [0.25, 0.3) is 0 Å². The minimum Gasteiger partial charge on any atom is -0.508 e. The zero-order valence-electron chi connectivity index (χ0n) is 14.7. The number of benzene rings is 1. The van der Waals surface area contributed by atoms with Crippen LogP contribution in [0, 0.1) is 5.41 Å². The second kappa shape index (κ2) is 7.04. The average molecular weight is 304 g/mol. The highest BCUT2D eigenvalue weighted by Crippen LogP contribution is 2.43. The lowest BCUT2D eigenvalue weighted by atomic mass is 9.69. The van der Waals surface area contributed by atoms with Gasteiger partial charge in [0.05, 0.1) is 11.7 Å². The van der Waals surface area contributed by atoms with Gasteiger partial charge in [0, 0.05) is 6.42 Å². The van der Waals surface area contributed by atoms with E-state index in [1.165, 1.54) is 38.5 Å². The molecular formula is C20H32O2. The van der Waals surface area contributed by atoms with E-state index in [9.17, 15) is 5.11 Å². The lowest BCUT2D eigenvalue weighted by Gasteiger charge is -2.41. The first-order chi connectivity index (χ1) is 10.4. The van der Waals surface area contributed by atoms with Crippen LogP contribution >= 0.6 is 0 Å². The molecule has 1 aliphatic rings. The molecule has 0 saturated heterocycles. The van der Waals surface area contributed by atoms with E-state index < -0.39 is 0 Å². The maximum atomic E-state index is 9.96. The average Bonchev–Trinajstić information content (AvgIpc) is 2.50. The molecule has 124 valence electrons. The van der Waals surface area contributed by atoms with E-state index in [4.69, 9.17) is 4.74 Å². The Morgan fingerprint density at radius 2 is 1.73 bits per heavy atom. The summed E-state index contributed by atoms with van der Waals surface area (Å²) in [4.78, 5) is 0. The molecule has 1 saturated carbocycles. The van der Waals surface area contributed by atoms with Gasteiger partial charge in [-0.2, -0.15) is 0 Å². The van der Waals surface area contributed by atoms with E-state index >= 15 is 0 Å². The highest BCUT2D eigenvalue weighted by molar-refractivity contribution is 5.32. The molecule has 2 nitrogen and oxygen atoms in total. The number of phenolic OH excluding ortho intramolecular Hbond substituents is 1. The van der Waals surface area contributed by atoms with E-state index in [0.717, 1.165) is 12.0 Å². The molecule has 22 heavy (non-hydrogen) atoms. The van der Waals surface area contributed by atoms with E-state index in [1.807, 2.05) is 18.2 Å². The van der Waals surface area contributed by atoms with Crippen LogP contribution in [-0.4, -0.2) is 16.8 Å². The number of para-hydroxylation sites is 1. The van der Waals surface area contributed by atoms with E-state index in [-0.39, 0.29) is 5.60 Å². The summed E-state index contributed by atoms with van der Waals surface area (Å²) in [6.45, 7) is 8.93.